The summed E-state index contributed by atoms with van der Waals surface area (Å²) in [6, 6.07) is 9.72. The number of ether oxygens (including phenoxy) is 2. The van der Waals surface area contributed by atoms with Crippen molar-refractivity contribution in [3.05, 3.63) is 81.1 Å². The van der Waals surface area contributed by atoms with Gasteiger partial charge in [-0.2, -0.15) is 5.10 Å². The third-order valence-electron chi connectivity index (χ3n) is 6.78. The van der Waals surface area contributed by atoms with E-state index in [-0.39, 0.29) is 6.61 Å². The van der Waals surface area contributed by atoms with Crippen molar-refractivity contribution in [3.8, 4) is 11.1 Å². The first-order valence-electron chi connectivity index (χ1n) is 14.3. The highest BCUT2D eigenvalue weighted by atomic mass is 35.5. The standard InChI is InChI=1S/C34H40ClN3O3S/c1-10-22(6)37-38-17-16-24(19-27(38)20(3)4)32-36-26-18-21(5)28(30(33(39)40-11-2)41-34(7,8)9)29(31(26)42-32)23-12-14-25(35)15-13-23/h12-19,30H,10-11H2,1-9H3. The van der Waals surface area contributed by atoms with Gasteiger partial charge in [0.25, 0.3) is 0 Å². The van der Waals surface area contributed by atoms with Gasteiger partial charge in [0.05, 0.1) is 28.1 Å². The van der Waals surface area contributed by atoms with Gasteiger partial charge in [0, 0.05) is 33.6 Å². The number of aryl methyl sites for hydroxylation is 1. The van der Waals surface area contributed by atoms with Crippen LogP contribution in [0.25, 0.3) is 26.9 Å². The predicted molar refractivity (Wildman–Crippen MR) is 176 cm³/mol. The van der Waals surface area contributed by atoms with Crippen molar-refractivity contribution in [2.75, 3.05) is 6.61 Å². The number of hydrogen-bond acceptors (Lipinski definition) is 7. The number of hydrazone groups is 1. The third kappa shape index (κ3) is 7.02. The van der Waals surface area contributed by atoms with Crippen molar-refractivity contribution in [2.24, 2.45) is 5.10 Å². The first-order valence-corrected chi connectivity index (χ1v) is 15.5. The van der Waals surface area contributed by atoms with Crippen molar-refractivity contribution >= 4 is 50.4 Å². The SMILES string of the molecule is CCOC(=O)C(OC(C)(C)C)c1c(C)cc2nc(C3=CC(=C(C)C)N(N=C(C)CC)C=C3)sc2c1-c1ccc(Cl)cc1. The average Bonchev–Trinajstić information content (AvgIpc) is 3.35. The summed E-state index contributed by atoms with van der Waals surface area (Å²) in [7, 11) is 0. The average molecular weight is 606 g/mol. The maximum absolute atomic E-state index is 13.4. The Morgan fingerprint density at radius 1 is 1.14 bits per heavy atom. The number of hydrogen-bond donors (Lipinski definition) is 0. The molecule has 0 saturated heterocycles. The van der Waals surface area contributed by atoms with Crippen LogP contribution in [0.2, 0.25) is 5.02 Å². The van der Waals surface area contributed by atoms with Crippen LogP contribution in [0.1, 0.15) is 84.0 Å². The summed E-state index contributed by atoms with van der Waals surface area (Å²) < 4.78 is 12.9. The zero-order valence-corrected chi connectivity index (χ0v) is 27.5. The van der Waals surface area contributed by atoms with Crippen LogP contribution in [0, 0.1) is 6.92 Å². The van der Waals surface area contributed by atoms with Crippen molar-refractivity contribution < 1.29 is 14.3 Å². The molecule has 2 heterocycles. The molecule has 1 aliphatic rings. The second kappa shape index (κ2) is 12.9. The molecule has 0 aliphatic carbocycles. The van der Waals surface area contributed by atoms with Crippen LogP contribution in [-0.2, 0) is 14.3 Å². The van der Waals surface area contributed by atoms with Crippen molar-refractivity contribution in [2.45, 2.75) is 80.4 Å². The zero-order chi connectivity index (χ0) is 30.8. The summed E-state index contributed by atoms with van der Waals surface area (Å²) in [5, 5.41) is 8.22. The summed E-state index contributed by atoms with van der Waals surface area (Å²) >= 11 is 7.88. The molecule has 0 saturated carbocycles. The van der Waals surface area contributed by atoms with E-state index in [1.807, 2.05) is 76.2 Å². The van der Waals surface area contributed by atoms with E-state index in [1.54, 1.807) is 18.3 Å². The van der Waals surface area contributed by atoms with Gasteiger partial charge in [-0.15, -0.1) is 11.3 Å². The summed E-state index contributed by atoms with van der Waals surface area (Å²) in [5.41, 5.74) is 8.02. The lowest BCUT2D eigenvalue weighted by atomic mass is 9.91. The molecule has 0 radical (unpaired) electrons. The Balaban J connectivity index is 1.96. The fourth-order valence-corrected chi connectivity index (χ4v) is 5.96. The zero-order valence-electron chi connectivity index (χ0n) is 26.0. The molecular formula is C34H40ClN3O3S. The van der Waals surface area contributed by atoms with Gasteiger partial charge in [0.1, 0.15) is 5.01 Å². The first-order chi connectivity index (χ1) is 19.8. The van der Waals surface area contributed by atoms with Gasteiger partial charge < -0.3 is 9.47 Å². The molecule has 1 aliphatic heterocycles. The topological polar surface area (TPSA) is 64.0 Å². The number of benzene rings is 2. The number of nitrogens with zero attached hydrogens (tertiary/aromatic N) is 3. The second-order valence-corrected chi connectivity index (χ2v) is 13.0. The maximum Gasteiger partial charge on any atom is 0.339 e. The van der Waals surface area contributed by atoms with E-state index in [2.05, 4.69) is 32.9 Å². The molecule has 2 aromatic carbocycles. The largest absolute Gasteiger partial charge is 0.464 e. The van der Waals surface area contributed by atoms with Gasteiger partial charge in [-0.1, -0.05) is 36.2 Å². The van der Waals surface area contributed by atoms with Crippen molar-refractivity contribution in [3.63, 3.8) is 0 Å². The van der Waals surface area contributed by atoms with Crippen LogP contribution in [-0.4, -0.2) is 33.9 Å². The number of carbonyl (C=O) groups is 1. The van der Waals surface area contributed by atoms with Gasteiger partial charge in [-0.25, -0.2) is 14.8 Å². The lowest BCUT2D eigenvalue weighted by Crippen LogP contribution is -2.29. The second-order valence-electron chi connectivity index (χ2n) is 11.6. The Bertz CT molecular complexity index is 1600. The van der Waals surface area contributed by atoms with Gasteiger partial charge >= 0.3 is 5.97 Å². The molecule has 1 aromatic heterocycles. The highest BCUT2D eigenvalue weighted by molar-refractivity contribution is 7.20. The highest BCUT2D eigenvalue weighted by Gasteiger charge is 2.33. The summed E-state index contributed by atoms with van der Waals surface area (Å²) in [6.45, 7) is 18.2. The van der Waals surface area contributed by atoms with Crippen LogP contribution < -0.4 is 0 Å². The number of aromatic nitrogens is 1. The number of rotatable bonds is 8. The lowest BCUT2D eigenvalue weighted by molar-refractivity contribution is -0.166. The Morgan fingerprint density at radius 3 is 2.43 bits per heavy atom. The van der Waals surface area contributed by atoms with E-state index >= 15 is 0 Å². The van der Waals surface area contributed by atoms with Crippen LogP contribution in [0.3, 0.4) is 0 Å². The monoisotopic (exact) mass is 605 g/mol. The van der Waals surface area contributed by atoms with E-state index in [9.17, 15) is 4.79 Å². The van der Waals surface area contributed by atoms with Crippen molar-refractivity contribution in [1.82, 2.24) is 9.99 Å². The van der Waals surface area contributed by atoms with E-state index in [0.717, 1.165) is 66.5 Å². The van der Waals surface area contributed by atoms with E-state index < -0.39 is 17.7 Å². The summed E-state index contributed by atoms with van der Waals surface area (Å²) in [5.74, 6) is -0.413. The molecule has 4 rings (SSSR count). The molecule has 1 atom stereocenters. The normalized spacial score (nSPS) is 14.8. The minimum Gasteiger partial charge on any atom is -0.464 e. The molecule has 222 valence electrons. The molecule has 6 nitrogen and oxygen atoms in total. The molecule has 1 unspecified atom stereocenters. The third-order valence-corrected chi connectivity index (χ3v) is 8.17. The fraction of sp³-hybridized carbons (Fsp3) is 0.382. The quantitative estimate of drug-likeness (QED) is 0.189. The number of fused-ring (bicyclic) bond motifs is 1. The molecule has 0 fully saturated rings. The molecule has 0 spiro atoms. The predicted octanol–water partition coefficient (Wildman–Crippen LogP) is 9.64. The fourth-order valence-electron chi connectivity index (χ4n) is 4.71. The molecule has 0 amide bonds. The van der Waals surface area contributed by atoms with Gasteiger partial charge in [-0.3, -0.25) is 0 Å². The lowest BCUT2D eigenvalue weighted by Gasteiger charge is -2.29. The minimum atomic E-state index is -0.912. The Labute approximate surface area is 258 Å². The van der Waals surface area contributed by atoms with Gasteiger partial charge in [-0.05, 0) is 103 Å². The first kappa shape index (κ1) is 31.7. The number of halogens is 1. The number of allylic oxidation sites excluding steroid dienone is 4. The van der Waals surface area contributed by atoms with Crippen LogP contribution in [0.4, 0.5) is 0 Å². The Hall–Kier alpha value is -3.26. The summed E-state index contributed by atoms with van der Waals surface area (Å²) in [6.07, 6.45) is 6.16. The molecule has 0 bridgehead atoms. The van der Waals surface area contributed by atoms with E-state index in [0.29, 0.717) is 5.02 Å². The van der Waals surface area contributed by atoms with Crippen LogP contribution in [0.5, 0.6) is 0 Å². The summed E-state index contributed by atoms with van der Waals surface area (Å²) in [4.78, 5) is 18.5. The molecule has 0 N–H and O–H groups in total. The number of esters is 1. The van der Waals surface area contributed by atoms with E-state index in [4.69, 9.17) is 31.2 Å². The van der Waals surface area contributed by atoms with Crippen molar-refractivity contribution in [1.29, 1.82) is 0 Å². The maximum atomic E-state index is 13.4. The van der Waals surface area contributed by atoms with Gasteiger partial charge in [0.15, 0.2) is 6.10 Å². The molecule has 3 aromatic rings. The number of carbonyl (C=O) groups excluding carboxylic acids is 1. The Morgan fingerprint density at radius 2 is 1.83 bits per heavy atom. The highest BCUT2D eigenvalue weighted by Crippen LogP contribution is 2.44. The number of thiazole rings is 1. The molecule has 8 heteroatoms. The molecular weight excluding hydrogens is 566 g/mol. The van der Waals surface area contributed by atoms with Crippen LogP contribution >= 0.6 is 22.9 Å². The van der Waals surface area contributed by atoms with Crippen LogP contribution in [0.15, 0.2) is 65.1 Å². The smallest absolute Gasteiger partial charge is 0.339 e. The minimum absolute atomic E-state index is 0.261. The molecule has 42 heavy (non-hydrogen) atoms. The Kier molecular flexibility index (Phi) is 9.76. The van der Waals surface area contributed by atoms with Gasteiger partial charge in [0.2, 0.25) is 0 Å². The van der Waals surface area contributed by atoms with E-state index in [1.165, 1.54) is 0 Å².